The van der Waals surface area contributed by atoms with Crippen molar-refractivity contribution in [3.8, 4) is 12.3 Å². The summed E-state index contributed by atoms with van der Waals surface area (Å²) in [6.07, 6.45) is 5.85. The Balaban J connectivity index is 2.72. The van der Waals surface area contributed by atoms with Crippen LogP contribution in [0.25, 0.3) is 0 Å². The maximum Gasteiger partial charge on any atom is 0.134 e. The van der Waals surface area contributed by atoms with Crippen molar-refractivity contribution >= 4 is 17.4 Å². The van der Waals surface area contributed by atoms with Gasteiger partial charge in [0.1, 0.15) is 16.8 Å². The lowest BCUT2D eigenvalue weighted by atomic mass is 10.2. The van der Waals surface area contributed by atoms with E-state index in [0.29, 0.717) is 23.2 Å². The van der Waals surface area contributed by atoms with E-state index < -0.39 is 0 Å². The Morgan fingerprint density at radius 1 is 1.64 bits per heavy atom. The summed E-state index contributed by atoms with van der Waals surface area (Å²) < 4.78 is 0. The third kappa shape index (κ3) is 3.23. The summed E-state index contributed by atoms with van der Waals surface area (Å²) in [5, 5.41) is 3.58. The molecule has 0 aliphatic carbocycles. The highest BCUT2D eigenvalue weighted by Crippen LogP contribution is 2.12. The van der Waals surface area contributed by atoms with Crippen LogP contribution in [0, 0.1) is 19.3 Å². The van der Waals surface area contributed by atoms with E-state index in [-0.39, 0.29) is 6.04 Å². The van der Waals surface area contributed by atoms with Gasteiger partial charge in [0.2, 0.25) is 0 Å². The number of aromatic nitrogens is 2. The highest BCUT2D eigenvalue weighted by Gasteiger charge is 2.03. The van der Waals surface area contributed by atoms with E-state index in [9.17, 15) is 0 Å². The highest BCUT2D eigenvalue weighted by atomic mass is 35.5. The van der Waals surface area contributed by atoms with Crippen LogP contribution in [0.2, 0.25) is 5.15 Å². The molecule has 1 atom stereocenters. The number of nitrogens with one attached hydrogen (secondary N) is 1. The molecule has 1 aromatic rings. The maximum absolute atomic E-state index is 5.78. The molecule has 0 amide bonds. The van der Waals surface area contributed by atoms with Gasteiger partial charge in [-0.3, -0.25) is 0 Å². The fraction of sp³-hybridized carbons (Fsp3) is 0.400. The first-order valence-corrected chi connectivity index (χ1v) is 4.71. The van der Waals surface area contributed by atoms with Crippen LogP contribution in [0.4, 0.5) is 5.82 Å². The summed E-state index contributed by atoms with van der Waals surface area (Å²) in [6, 6.07) is 1.87. The first-order chi connectivity index (χ1) is 6.61. The molecule has 4 heteroatoms. The minimum atomic E-state index is 0.186. The Bertz CT molecular complexity index is 337. The van der Waals surface area contributed by atoms with Gasteiger partial charge in [-0.2, -0.15) is 0 Å². The Morgan fingerprint density at radius 3 is 2.93 bits per heavy atom. The Hall–Kier alpha value is -1.27. The standard InChI is InChI=1S/C10H12ClN3/c1-4-5-7(2)12-10-6-9(11)13-8(3)14-10/h1,6-7H,5H2,2-3H3,(H,12,13,14). The summed E-state index contributed by atoms with van der Waals surface area (Å²) in [5.74, 6) is 3.94. The molecule has 1 N–H and O–H groups in total. The van der Waals surface area contributed by atoms with E-state index in [2.05, 4.69) is 21.2 Å². The molecule has 1 aromatic heterocycles. The van der Waals surface area contributed by atoms with Crippen molar-refractivity contribution in [3.05, 3.63) is 17.0 Å². The van der Waals surface area contributed by atoms with Crippen LogP contribution >= 0.6 is 11.6 Å². The Labute approximate surface area is 88.9 Å². The lowest BCUT2D eigenvalue weighted by Gasteiger charge is -2.11. The number of halogens is 1. The van der Waals surface area contributed by atoms with Gasteiger partial charge in [0.15, 0.2) is 0 Å². The van der Waals surface area contributed by atoms with Gasteiger partial charge in [0, 0.05) is 18.5 Å². The molecule has 74 valence electrons. The highest BCUT2D eigenvalue weighted by molar-refractivity contribution is 6.29. The monoisotopic (exact) mass is 209 g/mol. The van der Waals surface area contributed by atoms with Crippen LogP contribution in [0.5, 0.6) is 0 Å². The van der Waals surface area contributed by atoms with E-state index in [0.717, 1.165) is 0 Å². The number of hydrogen-bond donors (Lipinski definition) is 1. The molecule has 0 aliphatic heterocycles. The van der Waals surface area contributed by atoms with Crippen LogP contribution in [0.15, 0.2) is 6.07 Å². The lowest BCUT2D eigenvalue weighted by Crippen LogP contribution is -2.15. The normalized spacial score (nSPS) is 11.9. The average Bonchev–Trinajstić information content (AvgIpc) is 2.01. The van der Waals surface area contributed by atoms with Gasteiger partial charge in [-0.1, -0.05) is 11.6 Å². The van der Waals surface area contributed by atoms with E-state index in [4.69, 9.17) is 18.0 Å². The number of aryl methyl sites for hydroxylation is 1. The number of anilines is 1. The molecule has 1 rings (SSSR count). The first kappa shape index (κ1) is 10.8. The summed E-state index contributed by atoms with van der Waals surface area (Å²) >= 11 is 5.78. The molecule has 3 nitrogen and oxygen atoms in total. The van der Waals surface area contributed by atoms with Crippen molar-refractivity contribution in [2.24, 2.45) is 0 Å². The van der Waals surface area contributed by atoms with Crippen molar-refractivity contribution in [1.82, 2.24) is 9.97 Å². The molecular weight excluding hydrogens is 198 g/mol. The van der Waals surface area contributed by atoms with Crippen molar-refractivity contribution in [1.29, 1.82) is 0 Å². The lowest BCUT2D eigenvalue weighted by molar-refractivity contribution is 0.817. The van der Waals surface area contributed by atoms with Crippen molar-refractivity contribution in [2.75, 3.05) is 5.32 Å². The van der Waals surface area contributed by atoms with E-state index in [1.165, 1.54) is 0 Å². The minimum Gasteiger partial charge on any atom is -0.367 e. The molecule has 1 unspecified atom stereocenters. The molecule has 0 radical (unpaired) electrons. The third-order valence-electron chi connectivity index (χ3n) is 1.63. The molecular formula is C10H12ClN3. The predicted octanol–water partition coefficient (Wildman–Crippen LogP) is 2.26. The van der Waals surface area contributed by atoms with Gasteiger partial charge in [0.05, 0.1) is 0 Å². The fourth-order valence-corrected chi connectivity index (χ4v) is 1.31. The number of rotatable bonds is 3. The van der Waals surface area contributed by atoms with Gasteiger partial charge >= 0.3 is 0 Å². The second-order valence-corrected chi connectivity index (χ2v) is 3.46. The molecule has 0 bridgehead atoms. The predicted molar refractivity (Wildman–Crippen MR) is 58.3 cm³/mol. The molecule has 1 heterocycles. The number of nitrogens with zero attached hydrogens (tertiary/aromatic N) is 2. The molecule has 0 fully saturated rings. The van der Waals surface area contributed by atoms with E-state index >= 15 is 0 Å². The van der Waals surface area contributed by atoms with Crippen LogP contribution < -0.4 is 5.32 Å². The zero-order valence-corrected chi connectivity index (χ0v) is 8.97. The van der Waals surface area contributed by atoms with Crippen LogP contribution in [0.1, 0.15) is 19.2 Å². The number of terminal acetylenes is 1. The van der Waals surface area contributed by atoms with E-state index in [1.807, 2.05) is 6.92 Å². The Kier molecular flexibility index (Phi) is 3.73. The van der Waals surface area contributed by atoms with Crippen LogP contribution in [-0.2, 0) is 0 Å². The third-order valence-corrected chi connectivity index (χ3v) is 1.82. The second kappa shape index (κ2) is 4.83. The first-order valence-electron chi connectivity index (χ1n) is 4.33. The fourth-order valence-electron chi connectivity index (χ4n) is 1.09. The van der Waals surface area contributed by atoms with Gasteiger partial charge in [0.25, 0.3) is 0 Å². The molecule has 0 aromatic carbocycles. The zero-order valence-electron chi connectivity index (χ0n) is 8.21. The average molecular weight is 210 g/mol. The maximum atomic E-state index is 5.78. The molecule has 0 saturated carbocycles. The SMILES string of the molecule is C#CCC(C)Nc1cc(Cl)nc(C)n1. The van der Waals surface area contributed by atoms with Gasteiger partial charge < -0.3 is 5.32 Å². The largest absolute Gasteiger partial charge is 0.367 e. The van der Waals surface area contributed by atoms with Crippen molar-refractivity contribution in [3.63, 3.8) is 0 Å². The number of hydrogen-bond acceptors (Lipinski definition) is 3. The topological polar surface area (TPSA) is 37.8 Å². The van der Waals surface area contributed by atoms with Gasteiger partial charge in [-0.15, -0.1) is 12.3 Å². The van der Waals surface area contributed by atoms with Crippen molar-refractivity contribution < 1.29 is 0 Å². The molecule has 0 spiro atoms. The van der Waals surface area contributed by atoms with Crippen molar-refractivity contribution in [2.45, 2.75) is 26.3 Å². The van der Waals surface area contributed by atoms with Crippen LogP contribution in [-0.4, -0.2) is 16.0 Å². The van der Waals surface area contributed by atoms with Crippen LogP contribution in [0.3, 0.4) is 0 Å². The quantitative estimate of drug-likeness (QED) is 0.613. The summed E-state index contributed by atoms with van der Waals surface area (Å²) in [4.78, 5) is 8.14. The Morgan fingerprint density at radius 2 is 2.36 bits per heavy atom. The van der Waals surface area contributed by atoms with E-state index in [1.54, 1.807) is 13.0 Å². The minimum absolute atomic E-state index is 0.186. The van der Waals surface area contributed by atoms with Gasteiger partial charge in [-0.05, 0) is 13.8 Å². The zero-order chi connectivity index (χ0) is 10.6. The summed E-state index contributed by atoms with van der Waals surface area (Å²) in [5.41, 5.74) is 0. The molecule has 0 aliphatic rings. The molecule has 0 saturated heterocycles. The van der Waals surface area contributed by atoms with Gasteiger partial charge in [-0.25, -0.2) is 9.97 Å². The summed E-state index contributed by atoms with van der Waals surface area (Å²) in [7, 11) is 0. The molecule has 14 heavy (non-hydrogen) atoms. The second-order valence-electron chi connectivity index (χ2n) is 3.08. The smallest absolute Gasteiger partial charge is 0.134 e. The summed E-state index contributed by atoms with van der Waals surface area (Å²) in [6.45, 7) is 3.79.